The van der Waals surface area contributed by atoms with Crippen LogP contribution in [0.15, 0.2) is 60.9 Å². The molecule has 4 rings (SSSR count). The third-order valence-corrected chi connectivity index (χ3v) is 4.95. The third kappa shape index (κ3) is 3.12. The summed E-state index contributed by atoms with van der Waals surface area (Å²) < 4.78 is 15.5. The average Bonchev–Trinajstić information content (AvgIpc) is 3.05. The molecule has 0 aliphatic rings. The van der Waals surface area contributed by atoms with Crippen LogP contribution in [0.2, 0.25) is 0 Å². The SMILES string of the molecule is CC(C)c1c(-c2ccc(C(=O)O)cc2)c2c(O)cncc2n1-c1ccc(F)cc1. The van der Waals surface area contributed by atoms with Gasteiger partial charge in [0.2, 0.25) is 0 Å². The fourth-order valence-corrected chi connectivity index (χ4v) is 3.72. The summed E-state index contributed by atoms with van der Waals surface area (Å²) in [6.45, 7) is 4.07. The zero-order chi connectivity index (χ0) is 20.7. The normalized spacial score (nSPS) is 11.3. The van der Waals surface area contributed by atoms with Crippen LogP contribution in [-0.2, 0) is 0 Å². The van der Waals surface area contributed by atoms with E-state index in [0.717, 1.165) is 22.5 Å². The van der Waals surface area contributed by atoms with Gasteiger partial charge in [-0.15, -0.1) is 0 Å². The Balaban J connectivity index is 2.09. The second-order valence-corrected chi connectivity index (χ2v) is 7.16. The largest absolute Gasteiger partial charge is 0.506 e. The van der Waals surface area contributed by atoms with E-state index in [1.165, 1.54) is 18.3 Å². The second-order valence-electron chi connectivity index (χ2n) is 7.16. The lowest BCUT2D eigenvalue weighted by Crippen LogP contribution is -2.03. The van der Waals surface area contributed by atoms with Crippen molar-refractivity contribution in [2.75, 3.05) is 0 Å². The van der Waals surface area contributed by atoms with Crippen molar-refractivity contribution >= 4 is 16.9 Å². The molecule has 0 aliphatic carbocycles. The predicted octanol–water partition coefficient (Wildman–Crippen LogP) is 5.36. The molecule has 5 nitrogen and oxygen atoms in total. The summed E-state index contributed by atoms with van der Waals surface area (Å²) in [5.41, 5.74) is 4.13. The Bertz CT molecular complexity index is 1210. The summed E-state index contributed by atoms with van der Waals surface area (Å²) in [5.74, 6) is -1.24. The first kappa shape index (κ1) is 18.7. The topological polar surface area (TPSA) is 75.3 Å². The Morgan fingerprint density at radius 2 is 1.69 bits per heavy atom. The fourth-order valence-electron chi connectivity index (χ4n) is 3.72. The number of aromatic carboxylic acids is 1. The number of fused-ring (bicyclic) bond motifs is 1. The maximum atomic E-state index is 13.5. The van der Waals surface area contributed by atoms with Crippen LogP contribution in [-0.4, -0.2) is 25.7 Å². The number of hydrogen-bond donors (Lipinski definition) is 2. The molecule has 0 spiro atoms. The monoisotopic (exact) mass is 390 g/mol. The van der Waals surface area contributed by atoms with Crippen molar-refractivity contribution in [3.05, 3.63) is 78.0 Å². The van der Waals surface area contributed by atoms with Crippen molar-refractivity contribution in [3.8, 4) is 22.6 Å². The number of rotatable bonds is 4. The maximum absolute atomic E-state index is 13.5. The molecule has 0 radical (unpaired) electrons. The Morgan fingerprint density at radius 3 is 2.28 bits per heavy atom. The number of aromatic nitrogens is 2. The van der Waals surface area contributed by atoms with Gasteiger partial charge in [0, 0.05) is 16.9 Å². The van der Waals surface area contributed by atoms with E-state index in [2.05, 4.69) is 4.98 Å². The van der Waals surface area contributed by atoms with Crippen LogP contribution in [0.1, 0.15) is 35.8 Å². The summed E-state index contributed by atoms with van der Waals surface area (Å²) in [4.78, 5) is 15.4. The minimum absolute atomic E-state index is 0.0302. The molecule has 29 heavy (non-hydrogen) atoms. The number of halogens is 1. The lowest BCUT2D eigenvalue weighted by molar-refractivity contribution is 0.0697. The minimum Gasteiger partial charge on any atom is -0.506 e. The number of nitrogens with zero attached hydrogens (tertiary/aromatic N) is 2. The van der Waals surface area contributed by atoms with Crippen molar-refractivity contribution in [1.29, 1.82) is 0 Å². The van der Waals surface area contributed by atoms with Crippen molar-refractivity contribution in [2.45, 2.75) is 19.8 Å². The van der Waals surface area contributed by atoms with Crippen LogP contribution in [0.3, 0.4) is 0 Å². The van der Waals surface area contributed by atoms with E-state index in [0.29, 0.717) is 10.9 Å². The van der Waals surface area contributed by atoms with Gasteiger partial charge in [-0.1, -0.05) is 26.0 Å². The Hall–Kier alpha value is -3.67. The van der Waals surface area contributed by atoms with Gasteiger partial charge in [-0.2, -0.15) is 0 Å². The summed E-state index contributed by atoms with van der Waals surface area (Å²) >= 11 is 0. The van der Waals surface area contributed by atoms with E-state index in [1.807, 2.05) is 18.4 Å². The van der Waals surface area contributed by atoms with Gasteiger partial charge >= 0.3 is 5.97 Å². The molecule has 0 saturated carbocycles. The van der Waals surface area contributed by atoms with E-state index in [1.54, 1.807) is 42.6 Å². The van der Waals surface area contributed by atoms with Gasteiger partial charge in [-0.3, -0.25) is 4.98 Å². The number of carbonyl (C=O) groups is 1. The van der Waals surface area contributed by atoms with Crippen molar-refractivity contribution in [1.82, 2.24) is 9.55 Å². The van der Waals surface area contributed by atoms with Crippen molar-refractivity contribution < 1.29 is 19.4 Å². The van der Waals surface area contributed by atoms with Gasteiger partial charge in [-0.05, 0) is 47.9 Å². The van der Waals surface area contributed by atoms with Gasteiger partial charge in [0.1, 0.15) is 11.6 Å². The van der Waals surface area contributed by atoms with Crippen LogP contribution in [0.25, 0.3) is 27.7 Å². The molecule has 0 unspecified atom stereocenters. The van der Waals surface area contributed by atoms with Crippen LogP contribution >= 0.6 is 0 Å². The number of carboxylic acids is 1. The van der Waals surface area contributed by atoms with Gasteiger partial charge in [0.15, 0.2) is 0 Å². The molecule has 0 aliphatic heterocycles. The molecule has 0 atom stereocenters. The van der Waals surface area contributed by atoms with Gasteiger partial charge < -0.3 is 14.8 Å². The Kier molecular flexibility index (Phi) is 4.54. The van der Waals surface area contributed by atoms with E-state index < -0.39 is 5.97 Å². The first-order valence-corrected chi connectivity index (χ1v) is 9.19. The highest BCUT2D eigenvalue weighted by Gasteiger charge is 2.24. The molecule has 146 valence electrons. The zero-order valence-corrected chi connectivity index (χ0v) is 15.9. The van der Waals surface area contributed by atoms with Crippen molar-refractivity contribution in [3.63, 3.8) is 0 Å². The van der Waals surface area contributed by atoms with Crippen LogP contribution in [0, 0.1) is 5.82 Å². The molecule has 2 aromatic heterocycles. The molecule has 2 N–H and O–H groups in total. The summed E-state index contributed by atoms with van der Waals surface area (Å²) in [5, 5.41) is 20.5. The molecule has 0 amide bonds. The van der Waals surface area contributed by atoms with E-state index in [4.69, 9.17) is 0 Å². The molecule has 0 saturated heterocycles. The number of hydrogen-bond acceptors (Lipinski definition) is 3. The lowest BCUT2D eigenvalue weighted by Gasteiger charge is -2.15. The number of carboxylic acid groups (broad SMARTS) is 1. The molecule has 0 bridgehead atoms. The van der Waals surface area contributed by atoms with Gasteiger partial charge in [0.25, 0.3) is 0 Å². The number of pyridine rings is 1. The Labute approximate surface area is 166 Å². The quantitative estimate of drug-likeness (QED) is 0.492. The molecular formula is C23H19FN2O3. The Morgan fingerprint density at radius 1 is 1.03 bits per heavy atom. The molecular weight excluding hydrogens is 371 g/mol. The summed E-state index contributed by atoms with van der Waals surface area (Å²) in [6.07, 6.45) is 3.05. The molecule has 2 aromatic carbocycles. The second kappa shape index (κ2) is 7.05. The summed E-state index contributed by atoms with van der Waals surface area (Å²) in [7, 11) is 0. The third-order valence-electron chi connectivity index (χ3n) is 4.95. The standard InChI is InChI=1S/C23H19FN2O3/c1-13(2)22-20(14-3-5-15(6-4-14)23(28)29)21-18(11-25-12-19(21)27)26(22)17-9-7-16(24)8-10-17/h3-13,27H,1-2H3,(H,28,29). The van der Waals surface area contributed by atoms with Crippen molar-refractivity contribution in [2.24, 2.45) is 0 Å². The highest BCUT2D eigenvalue weighted by molar-refractivity contribution is 6.03. The van der Waals surface area contributed by atoms with Crippen LogP contribution in [0.4, 0.5) is 4.39 Å². The smallest absolute Gasteiger partial charge is 0.335 e. The van der Waals surface area contributed by atoms with Crippen LogP contribution < -0.4 is 0 Å². The lowest BCUT2D eigenvalue weighted by atomic mass is 9.96. The highest BCUT2D eigenvalue weighted by atomic mass is 19.1. The van der Waals surface area contributed by atoms with E-state index >= 15 is 0 Å². The minimum atomic E-state index is -0.999. The number of aromatic hydroxyl groups is 1. The predicted molar refractivity (Wildman–Crippen MR) is 109 cm³/mol. The maximum Gasteiger partial charge on any atom is 0.335 e. The zero-order valence-electron chi connectivity index (χ0n) is 15.9. The molecule has 4 aromatic rings. The van der Waals surface area contributed by atoms with E-state index in [-0.39, 0.29) is 23.0 Å². The van der Waals surface area contributed by atoms with E-state index in [9.17, 15) is 19.4 Å². The number of benzene rings is 2. The molecule has 6 heteroatoms. The highest BCUT2D eigenvalue weighted by Crippen LogP contribution is 2.43. The fraction of sp³-hybridized carbons (Fsp3) is 0.130. The van der Waals surface area contributed by atoms with Gasteiger partial charge in [0.05, 0.1) is 28.9 Å². The average molecular weight is 390 g/mol. The van der Waals surface area contributed by atoms with Crippen LogP contribution in [0.5, 0.6) is 5.75 Å². The first-order valence-electron chi connectivity index (χ1n) is 9.19. The molecule has 0 fully saturated rings. The van der Waals surface area contributed by atoms with Gasteiger partial charge in [-0.25, -0.2) is 9.18 Å². The summed E-state index contributed by atoms with van der Waals surface area (Å²) in [6, 6.07) is 12.7. The first-order chi connectivity index (χ1) is 13.9. The molecule has 2 heterocycles.